The predicted octanol–water partition coefficient (Wildman–Crippen LogP) is 2.69. The van der Waals surface area contributed by atoms with E-state index in [0.717, 1.165) is 12.8 Å². The van der Waals surface area contributed by atoms with Crippen molar-refractivity contribution in [1.29, 1.82) is 0 Å². The van der Waals surface area contributed by atoms with Gasteiger partial charge in [-0.25, -0.2) is 15.2 Å². The van der Waals surface area contributed by atoms with Crippen LogP contribution >= 0.6 is 0 Å². The third-order valence-corrected chi connectivity index (χ3v) is 2.65. The minimum Gasteiger partial charge on any atom is -0.443 e. The summed E-state index contributed by atoms with van der Waals surface area (Å²) in [7, 11) is 1.72. The maximum atomic E-state index is 11.7. The lowest BCUT2D eigenvalue weighted by atomic mass is 9.96. The fourth-order valence-electron chi connectivity index (χ4n) is 1.89. The summed E-state index contributed by atoms with van der Waals surface area (Å²) < 4.78 is 5.27. The van der Waals surface area contributed by atoms with E-state index < -0.39 is 5.60 Å². The predicted molar refractivity (Wildman–Crippen MR) is 64.0 cm³/mol. The van der Waals surface area contributed by atoms with Crippen molar-refractivity contribution in [3.05, 3.63) is 0 Å². The number of hydrazine groups is 1. The first-order valence-corrected chi connectivity index (χ1v) is 6.11. The van der Waals surface area contributed by atoms with E-state index in [2.05, 4.69) is 5.43 Å². The molecule has 1 fully saturated rings. The molecule has 94 valence electrons. The van der Waals surface area contributed by atoms with Crippen LogP contribution in [-0.2, 0) is 4.74 Å². The largest absolute Gasteiger partial charge is 0.443 e. The Hall–Kier alpha value is -0.770. The highest BCUT2D eigenvalue weighted by atomic mass is 16.6. The Balaban J connectivity index is 2.33. The van der Waals surface area contributed by atoms with Crippen LogP contribution in [0, 0.1) is 0 Å². The fourth-order valence-corrected chi connectivity index (χ4v) is 1.89. The van der Waals surface area contributed by atoms with Crippen molar-refractivity contribution in [2.75, 3.05) is 7.05 Å². The molecule has 0 saturated heterocycles. The van der Waals surface area contributed by atoms with Gasteiger partial charge in [-0.15, -0.1) is 0 Å². The molecule has 1 saturated carbocycles. The lowest BCUT2D eigenvalue weighted by Crippen LogP contribution is -2.48. The Morgan fingerprint density at radius 2 is 1.81 bits per heavy atom. The average molecular weight is 228 g/mol. The second-order valence-corrected chi connectivity index (χ2v) is 5.50. The molecule has 0 radical (unpaired) electrons. The lowest BCUT2D eigenvalue weighted by molar-refractivity contribution is 0.0153. The molecule has 0 aliphatic heterocycles. The third-order valence-electron chi connectivity index (χ3n) is 2.65. The maximum Gasteiger partial charge on any atom is 0.424 e. The van der Waals surface area contributed by atoms with E-state index in [1.165, 1.54) is 24.3 Å². The Bertz CT molecular complexity index is 230. The Kier molecular flexibility index (Phi) is 4.59. The summed E-state index contributed by atoms with van der Waals surface area (Å²) >= 11 is 0. The first-order chi connectivity index (χ1) is 7.38. The van der Waals surface area contributed by atoms with Crippen LogP contribution in [0.1, 0.15) is 52.9 Å². The quantitative estimate of drug-likeness (QED) is 0.739. The molecule has 0 aromatic heterocycles. The van der Waals surface area contributed by atoms with Gasteiger partial charge in [0.1, 0.15) is 5.60 Å². The van der Waals surface area contributed by atoms with E-state index in [-0.39, 0.29) is 6.09 Å². The van der Waals surface area contributed by atoms with Crippen LogP contribution in [0.3, 0.4) is 0 Å². The van der Waals surface area contributed by atoms with Crippen LogP contribution in [0.15, 0.2) is 0 Å². The van der Waals surface area contributed by atoms with E-state index in [9.17, 15) is 4.79 Å². The number of hydrogen-bond donors (Lipinski definition) is 1. The van der Waals surface area contributed by atoms with E-state index in [1.54, 1.807) is 7.05 Å². The van der Waals surface area contributed by atoms with Crippen LogP contribution in [0.25, 0.3) is 0 Å². The highest BCUT2D eigenvalue weighted by molar-refractivity contribution is 5.67. The molecule has 0 unspecified atom stereocenters. The summed E-state index contributed by atoms with van der Waals surface area (Å²) in [6.07, 6.45) is 5.80. The second-order valence-electron chi connectivity index (χ2n) is 5.50. The minimum absolute atomic E-state index is 0.307. The number of carbonyl (C=O) groups is 1. The zero-order valence-corrected chi connectivity index (χ0v) is 10.9. The Morgan fingerprint density at radius 3 is 2.31 bits per heavy atom. The SMILES string of the molecule is CN(NC1CCCCC1)C(=O)OC(C)(C)C. The Labute approximate surface area is 98.3 Å². The van der Waals surface area contributed by atoms with Crippen LogP contribution in [0.4, 0.5) is 4.79 Å². The standard InChI is InChI=1S/C12H24N2O2/c1-12(2,3)16-11(15)14(4)13-10-8-6-5-7-9-10/h10,13H,5-9H2,1-4H3. The number of carbonyl (C=O) groups excluding carboxylic acids is 1. The van der Waals surface area contributed by atoms with Gasteiger partial charge in [-0.1, -0.05) is 19.3 Å². The van der Waals surface area contributed by atoms with Crippen LogP contribution in [0.5, 0.6) is 0 Å². The van der Waals surface area contributed by atoms with Crippen LogP contribution in [0.2, 0.25) is 0 Å². The lowest BCUT2D eigenvalue weighted by Gasteiger charge is -2.30. The summed E-state index contributed by atoms with van der Waals surface area (Å²) in [4.78, 5) is 11.7. The van der Waals surface area contributed by atoms with Crippen molar-refractivity contribution in [1.82, 2.24) is 10.4 Å². The van der Waals surface area contributed by atoms with Gasteiger partial charge in [0.05, 0.1) is 0 Å². The fraction of sp³-hybridized carbons (Fsp3) is 0.917. The monoisotopic (exact) mass is 228 g/mol. The molecule has 1 N–H and O–H groups in total. The van der Waals surface area contributed by atoms with Crippen molar-refractivity contribution >= 4 is 6.09 Å². The van der Waals surface area contributed by atoms with Gasteiger partial charge in [0, 0.05) is 13.1 Å². The van der Waals surface area contributed by atoms with Gasteiger partial charge < -0.3 is 4.74 Å². The average Bonchev–Trinajstić information content (AvgIpc) is 2.16. The van der Waals surface area contributed by atoms with E-state index in [4.69, 9.17) is 4.74 Å². The van der Waals surface area contributed by atoms with Crippen molar-refractivity contribution in [3.8, 4) is 0 Å². The summed E-state index contributed by atoms with van der Waals surface area (Å²) in [6, 6.07) is 0.422. The van der Waals surface area contributed by atoms with Crippen molar-refractivity contribution in [2.45, 2.75) is 64.5 Å². The number of amides is 1. The molecule has 1 amide bonds. The molecule has 1 aliphatic rings. The smallest absolute Gasteiger partial charge is 0.424 e. The van der Waals surface area contributed by atoms with E-state index in [0.29, 0.717) is 6.04 Å². The molecule has 0 atom stereocenters. The van der Waals surface area contributed by atoms with Gasteiger partial charge in [-0.05, 0) is 33.6 Å². The molecule has 4 heteroatoms. The molecule has 1 rings (SSSR count). The van der Waals surface area contributed by atoms with Crippen molar-refractivity contribution in [2.24, 2.45) is 0 Å². The normalized spacial score (nSPS) is 18.2. The van der Waals surface area contributed by atoms with Gasteiger partial charge in [-0.3, -0.25) is 0 Å². The van der Waals surface area contributed by atoms with Gasteiger partial charge in [0.2, 0.25) is 0 Å². The highest BCUT2D eigenvalue weighted by Crippen LogP contribution is 2.18. The molecular weight excluding hydrogens is 204 g/mol. The molecule has 0 bridgehead atoms. The van der Waals surface area contributed by atoms with Gasteiger partial charge >= 0.3 is 6.09 Å². The number of hydrogen-bond acceptors (Lipinski definition) is 3. The molecule has 0 aromatic rings. The van der Waals surface area contributed by atoms with Crippen LogP contribution in [-0.4, -0.2) is 29.8 Å². The zero-order valence-electron chi connectivity index (χ0n) is 10.9. The second kappa shape index (κ2) is 5.53. The first kappa shape index (κ1) is 13.3. The number of nitrogens with zero attached hydrogens (tertiary/aromatic N) is 1. The van der Waals surface area contributed by atoms with E-state index in [1.807, 2.05) is 20.8 Å². The van der Waals surface area contributed by atoms with Crippen molar-refractivity contribution < 1.29 is 9.53 Å². The van der Waals surface area contributed by atoms with Gasteiger partial charge in [0.25, 0.3) is 0 Å². The molecule has 0 heterocycles. The third kappa shape index (κ3) is 4.84. The maximum absolute atomic E-state index is 11.7. The van der Waals surface area contributed by atoms with E-state index >= 15 is 0 Å². The number of nitrogens with one attached hydrogen (secondary N) is 1. The molecular formula is C12H24N2O2. The molecule has 16 heavy (non-hydrogen) atoms. The van der Waals surface area contributed by atoms with Gasteiger partial charge in [0.15, 0.2) is 0 Å². The summed E-state index contributed by atoms with van der Waals surface area (Å²) in [6.45, 7) is 5.62. The van der Waals surface area contributed by atoms with Crippen LogP contribution < -0.4 is 5.43 Å². The van der Waals surface area contributed by atoms with Gasteiger partial charge in [-0.2, -0.15) is 0 Å². The first-order valence-electron chi connectivity index (χ1n) is 6.11. The summed E-state index contributed by atoms with van der Waals surface area (Å²) in [5, 5.41) is 1.47. The zero-order chi connectivity index (χ0) is 12.2. The number of ether oxygens (including phenoxy) is 1. The topological polar surface area (TPSA) is 41.6 Å². The summed E-state index contributed by atoms with van der Waals surface area (Å²) in [5.41, 5.74) is 2.77. The molecule has 0 spiro atoms. The molecule has 4 nitrogen and oxygen atoms in total. The molecule has 1 aliphatic carbocycles. The number of rotatable bonds is 2. The summed E-state index contributed by atoms with van der Waals surface area (Å²) in [5.74, 6) is 0. The highest BCUT2D eigenvalue weighted by Gasteiger charge is 2.22. The van der Waals surface area contributed by atoms with Crippen molar-refractivity contribution in [3.63, 3.8) is 0 Å². The molecule has 0 aromatic carbocycles. The minimum atomic E-state index is -0.431. The Morgan fingerprint density at radius 1 is 1.25 bits per heavy atom.